The van der Waals surface area contributed by atoms with Gasteiger partial charge in [-0.25, -0.2) is 0 Å². The number of unbranched alkanes of at least 4 members (excludes halogenated alkanes) is 2. The SMILES string of the molecule is CCCCCS(=O)(=O)O.F[B-](F)(F)F.F[B-](F)(F)F.F[B-](F)(F)F.[H-].[Li+]. The molecule has 0 bridgehead atoms. The predicted molar refractivity (Wildman–Crippen MR) is 67.6 cm³/mol. The Morgan fingerprint density at radius 2 is 0.920 bits per heavy atom. The maximum Gasteiger partial charge on any atom is 1.00 e. The van der Waals surface area contributed by atoms with Gasteiger partial charge in [-0.1, -0.05) is 19.8 Å². The molecule has 0 aliphatic carbocycles. The van der Waals surface area contributed by atoms with Crippen molar-refractivity contribution in [2.24, 2.45) is 0 Å². The Morgan fingerprint density at radius 1 is 0.720 bits per heavy atom. The average Bonchev–Trinajstić information content (AvgIpc) is 2.06. The van der Waals surface area contributed by atoms with Crippen molar-refractivity contribution in [3.8, 4) is 0 Å². The molecule has 20 heteroatoms. The van der Waals surface area contributed by atoms with Crippen LogP contribution in [0.5, 0.6) is 0 Å². The maximum atomic E-state index is 10.1. The topological polar surface area (TPSA) is 54.4 Å². The first-order valence-corrected chi connectivity index (χ1v) is 7.24. The van der Waals surface area contributed by atoms with E-state index in [4.69, 9.17) is 4.55 Å². The van der Waals surface area contributed by atoms with Crippen LogP contribution in [0.1, 0.15) is 27.6 Å². The molecular weight excluding hydrogens is 407 g/mol. The largest absolute Gasteiger partial charge is 1.00 e. The molecule has 0 aliphatic heterocycles. The Hall–Kier alpha value is -0.138. The Bertz CT molecular complexity index is 343. The third kappa shape index (κ3) is 332. The molecule has 1 N–H and O–H groups in total. The van der Waals surface area contributed by atoms with E-state index in [0.717, 1.165) is 12.8 Å². The second-order valence-corrected chi connectivity index (χ2v) is 5.05. The summed E-state index contributed by atoms with van der Waals surface area (Å²) in [6, 6.07) is 0. The van der Waals surface area contributed by atoms with Crippen LogP contribution in [0.25, 0.3) is 0 Å². The Morgan fingerprint density at radius 3 is 1.04 bits per heavy atom. The minimum atomic E-state index is -6.00. The molecule has 0 aromatic heterocycles. The van der Waals surface area contributed by atoms with Crippen molar-refractivity contribution in [2.45, 2.75) is 26.2 Å². The minimum Gasteiger partial charge on any atom is -1.00 e. The quantitative estimate of drug-likeness (QED) is 0.328. The van der Waals surface area contributed by atoms with Gasteiger partial charge in [0.1, 0.15) is 0 Å². The summed E-state index contributed by atoms with van der Waals surface area (Å²) < 4.78 is 145. The Labute approximate surface area is 149 Å². The second kappa shape index (κ2) is 16.1. The van der Waals surface area contributed by atoms with Crippen LogP contribution in [0.2, 0.25) is 0 Å². The molecule has 0 aromatic carbocycles. The van der Waals surface area contributed by atoms with Crippen molar-refractivity contribution >= 4 is 31.9 Å². The zero-order chi connectivity index (χ0) is 20.8. The summed E-state index contributed by atoms with van der Waals surface area (Å²) in [5.41, 5.74) is 0. The molecule has 0 heterocycles. The zero-order valence-corrected chi connectivity index (χ0v) is 13.6. The van der Waals surface area contributed by atoms with Crippen LogP contribution in [0.15, 0.2) is 0 Å². The Balaban J connectivity index is -0.0000000521. The summed E-state index contributed by atoms with van der Waals surface area (Å²) in [4.78, 5) is 0. The van der Waals surface area contributed by atoms with E-state index in [1.54, 1.807) is 0 Å². The molecule has 3 nitrogen and oxygen atoms in total. The minimum absolute atomic E-state index is 0. The summed E-state index contributed by atoms with van der Waals surface area (Å²) in [6.45, 7) is 1.98. The van der Waals surface area contributed by atoms with Crippen LogP contribution in [-0.4, -0.2) is 40.5 Å². The van der Waals surface area contributed by atoms with Crippen LogP contribution < -0.4 is 18.9 Å². The van der Waals surface area contributed by atoms with Gasteiger partial charge in [-0.15, -0.1) is 0 Å². The van der Waals surface area contributed by atoms with Gasteiger partial charge in [0, 0.05) is 0 Å². The van der Waals surface area contributed by atoms with Gasteiger partial charge in [0.15, 0.2) is 0 Å². The zero-order valence-electron chi connectivity index (χ0n) is 13.8. The standard InChI is InChI=1S/C5H12O3S.3BF4.Li.H/c1-2-3-4-5-9(6,7)8;3*2-1(3,4)5;;/h2-5H2,1H3,(H,6,7,8);;;;;/q;3*-1;+1;-1. The summed E-state index contributed by atoms with van der Waals surface area (Å²) in [5, 5.41) is 0. The van der Waals surface area contributed by atoms with Crippen molar-refractivity contribution in [1.82, 2.24) is 0 Å². The fourth-order valence-electron chi connectivity index (χ4n) is 0.534. The summed E-state index contributed by atoms with van der Waals surface area (Å²) >= 11 is 0. The second-order valence-electron chi connectivity index (χ2n) is 3.48. The first-order chi connectivity index (χ1) is 10.1. The monoisotopic (exact) mass is 421 g/mol. The maximum absolute atomic E-state index is 10.1. The molecule has 0 amide bonds. The van der Waals surface area contributed by atoms with Crippen LogP contribution in [-0.2, 0) is 10.1 Å². The average molecular weight is 421 g/mol. The third-order valence-electron chi connectivity index (χ3n) is 1.01. The first kappa shape index (κ1) is 35.9. The van der Waals surface area contributed by atoms with Crippen LogP contribution in [0, 0.1) is 0 Å². The summed E-state index contributed by atoms with van der Waals surface area (Å²) in [5.74, 6) is -0.0964. The van der Waals surface area contributed by atoms with Gasteiger partial charge in [0.05, 0.1) is 5.75 Å². The molecule has 0 spiro atoms. The van der Waals surface area contributed by atoms with E-state index in [2.05, 4.69) is 0 Å². The van der Waals surface area contributed by atoms with Gasteiger partial charge in [0.2, 0.25) is 0 Å². The van der Waals surface area contributed by atoms with Crippen LogP contribution in [0.3, 0.4) is 0 Å². The number of rotatable bonds is 4. The van der Waals surface area contributed by atoms with E-state index in [0.29, 0.717) is 6.42 Å². The van der Waals surface area contributed by atoms with Gasteiger partial charge in [0.25, 0.3) is 10.1 Å². The summed E-state index contributed by atoms with van der Waals surface area (Å²) in [7, 11) is -21.7. The van der Waals surface area contributed by atoms with Gasteiger partial charge in [-0.05, 0) is 6.42 Å². The fourth-order valence-corrected chi connectivity index (χ4v) is 1.10. The van der Waals surface area contributed by atoms with Crippen molar-refractivity contribution in [2.75, 3.05) is 5.75 Å². The molecule has 0 saturated carbocycles. The third-order valence-corrected chi connectivity index (χ3v) is 1.81. The smallest absolute Gasteiger partial charge is 1.00 e. The fraction of sp³-hybridized carbons (Fsp3) is 1.00. The predicted octanol–water partition coefficient (Wildman–Crippen LogP) is 2.08. The number of halogens is 12. The van der Waals surface area contributed by atoms with Gasteiger partial charge < -0.3 is 53.2 Å². The molecule has 25 heavy (non-hydrogen) atoms. The van der Waals surface area contributed by atoms with Crippen molar-refractivity contribution in [3.63, 3.8) is 0 Å². The molecule has 154 valence electrons. The van der Waals surface area contributed by atoms with E-state index in [9.17, 15) is 60.2 Å². The van der Waals surface area contributed by atoms with Crippen molar-refractivity contribution < 1.29 is 85.0 Å². The van der Waals surface area contributed by atoms with E-state index in [-0.39, 0.29) is 26.0 Å². The first-order valence-electron chi connectivity index (χ1n) is 5.63. The van der Waals surface area contributed by atoms with Crippen LogP contribution in [0.4, 0.5) is 51.8 Å². The van der Waals surface area contributed by atoms with E-state index in [1.807, 2.05) is 6.92 Å². The van der Waals surface area contributed by atoms with Gasteiger partial charge >= 0.3 is 40.6 Å². The molecule has 0 radical (unpaired) electrons. The molecule has 0 saturated heterocycles. The van der Waals surface area contributed by atoms with E-state index in [1.165, 1.54) is 0 Å². The number of hydrogen-bond donors (Lipinski definition) is 1. The van der Waals surface area contributed by atoms with Gasteiger partial charge in [-0.3, -0.25) is 4.55 Å². The van der Waals surface area contributed by atoms with Crippen molar-refractivity contribution in [1.29, 1.82) is 0 Å². The number of hydrogen-bond acceptors (Lipinski definition) is 2. The Kier molecular flexibility index (Phi) is 23.1. The molecule has 0 aliphatic rings. The molecule has 0 rings (SSSR count). The normalized spacial score (nSPS) is 11.4. The van der Waals surface area contributed by atoms with E-state index < -0.39 is 31.9 Å². The van der Waals surface area contributed by atoms with Gasteiger partial charge in [-0.2, -0.15) is 8.42 Å². The molecule has 0 fully saturated rings. The molecule has 0 atom stereocenters. The molecular formula is C5H13B3F12LiO3S-3. The molecule has 0 aromatic rings. The van der Waals surface area contributed by atoms with Crippen LogP contribution >= 0.6 is 0 Å². The van der Waals surface area contributed by atoms with Crippen molar-refractivity contribution in [3.05, 3.63) is 0 Å². The molecule has 0 unspecified atom stereocenters. The summed E-state index contributed by atoms with van der Waals surface area (Å²) in [6.07, 6.45) is 2.39. The van der Waals surface area contributed by atoms with E-state index >= 15 is 0 Å².